The van der Waals surface area contributed by atoms with Gasteiger partial charge in [-0.15, -0.1) is 0 Å². The summed E-state index contributed by atoms with van der Waals surface area (Å²) in [6.07, 6.45) is 1.25. The Morgan fingerprint density at radius 2 is 1.80 bits per heavy atom. The summed E-state index contributed by atoms with van der Waals surface area (Å²) < 4.78 is 1.17. The molecule has 0 radical (unpaired) electrons. The second-order valence-electron chi connectivity index (χ2n) is 4.67. The Hall–Kier alpha value is -2.63. The lowest BCUT2D eigenvalue weighted by Crippen LogP contribution is -2.17. The van der Waals surface area contributed by atoms with E-state index in [4.69, 9.17) is 5.11 Å². The van der Waals surface area contributed by atoms with E-state index in [1.807, 2.05) is 32.0 Å². The predicted molar refractivity (Wildman–Crippen MR) is 74.0 cm³/mol. The summed E-state index contributed by atoms with van der Waals surface area (Å²) in [5.74, 6) is -1.67. The molecule has 6 heteroatoms. The lowest BCUT2D eigenvalue weighted by Gasteiger charge is -2.07. The number of rotatable bonds is 3. The van der Waals surface area contributed by atoms with E-state index >= 15 is 0 Å². The number of nitrogens with one attached hydrogen (secondary N) is 1. The van der Waals surface area contributed by atoms with Crippen LogP contribution in [-0.4, -0.2) is 26.8 Å². The van der Waals surface area contributed by atoms with Gasteiger partial charge in [-0.25, -0.2) is 4.79 Å². The third kappa shape index (κ3) is 2.69. The largest absolute Gasteiger partial charge is 0.477 e. The first-order valence-corrected chi connectivity index (χ1v) is 6.03. The fourth-order valence-electron chi connectivity index (χ4n) is 2.10. The van der Waals surface area contributed by atoms with Gasteiger partial charge in [0.05, 0.1) is 11.8 Å². The summed E-state index contributed by atoms with van der Waals surface area (Å²) in [5.41, 5.74) is 2.58. The van der Waals surface area contributed by atoms with Crippen LogP contribution in [0.25, 0.3) is 0 Å². The molecule has 0 aliphatic rings. The van der Waals surface area contributed by atoms with E-state index < -0.39 is 11.9 Å². The minimum absolute atomic E-state index is 0.0409. The second kappa shape index (κ2) is 5.16. The van der Waals surface area contributed by atoms with Crippen molar-refractivity contribution in [3.63, 3.8) is 0 Å². The zero-order valence-electron chi connectivity index (χ0n) is 11.5. The van der Waals surface area contributed by atoms with Gasteiger partial charge in [0, 0.05) is 12.7 Å². The number of aromatic nitrogens is 2. The van der Waals surface area contributed by atoms with Gasteiger partial charge in [0.2, 0.25) is 0 Å². The molecule has 0 bridgehead atoms. The Labute approximate surface area is 116 Å². The minimum Gasteiger partial charge on any atom is -0.477 e. The van der Waals surface area contributed by atoms with Gasteiger partial charge in [-0.1, -0.05) is 6.07 Å². The number of carbonyl (C=O) groups is 2. The molecule has 0 atom stereocenters. The molecule has 1 heterocycles. The van der Waals surface area contributed by atoms with Crippen molar-refractivity contribution in [1.82, 2.24) is 9.78 Å². The maximum Gasteiger partial charge on any atom is 0.354 e. The van der Waals surface area contributed by atoms with Crippen molar-refractivity contribution in [3.8, 4) is 0 Å². The summed E-state index contributed by atoms with van der Waals surface area (Å²) in [6, 6.07) is 5.63. The monoisotopic (exact) mass is 273 g/mol. The lowest BCUT2D eigenvalue weighted by atomic mass is 10.1. The Morgan fingerprint density at radius 1 is 1.20 bits per heavy atom. The number of carbonyl (C=O) groups excluding carboxylic acids is 1. The number of nitrogens with zero attached hydrogens (tertiary/aromatic N) is 2. The van der Waals surface area contributed by atoms with Crippen LogP contribution in [-0.2, 0) is 7.05 Å². The van der Waals surface area contributed by atoms with Crippen LogP contribution in [0.15, 0.2) is 24.4 Å². The van der Waals surface area contributed by atoms with Crippen LogP contribution in [0, 0.1) is 13.8 Å². The molecule has 0 aliphatic carbocycles. The van der Waals surface area contributed by atoms with Crippen molar-refractivity contribution in [2.75, 3.05) is 5.32 Å². The van der Waals surface area contributed by atoms with E-state index in [9.17, 15) is 9.59 Å². The van der Waals surface area contributed by atoms with Gasteiger partial charge in [0.25, 0.3) is 5.91 Å². The molecule has 2 aromatic rings. The molecular weight excluding hydrogens is 258 g/mol. The average Bonchev–Trinajstić information content (AvgIpc) is 2.69. The fraction of sp³-hybridized carbons (Fsp3) is 0.214. The van der Waals surface area contributed by atoms with Gasteiger partial charge >= 0.3 is 5.97 Å². The molecular formula is C14H15N3O3. The molecule has 104 valence electrons. The van der Waals surface area contributed by atoms with Gasteiger partial charge in [-0.2, -0.15) is 5.10 Å². The number of carboxylic acid groups (broad SMARTS) is 1. The Bertz CT molecular complexity index is 669. The van der Waals surface area contributed by atoms with Crippen molar-refractivity contribution in [3.05, 3.63) is 46.8 Å². The predicted octanol–water partition coefficient (Wildman–Crippen LogP) is 1.99. The number of aryl methyl sites for hydroxylation is 3. The number of hydrogen-bond acceptors (Lipinski definition) is 3. The van der Waals surface area contributed by atoms with Crippen LogP contribution >= 0.6 is 0 Å². The highest BCUT2D eigenvalue weighted by molar-refractivity contribution is 6.09. The maximum absolute atomic E-state index is 12.1. The van der Waals surface area contributed by atoms with E-state index in [1.165, 1.54) is 17.9 Å². The van der Waals surface area contributed by atoms with Crippen LogP contribution < -0.4 is 5.32 Å². The third-order valence-electron chi connectivity index (χ3n) is 2.87. The normalized spacial score (nSPS) is 10.3. The highest BCUT2D eigenvalue weighted by atomic mass is 16.4. The van der Waals surface area contributed by atoms with Crippen molar-refractivity contribution in [2.24, 2.45) is 7.05 Å². The van der Waals surface area contributed by atoms with Gasteiger partial charge < -0.3 is 10.4 Å². The second-order valence-corrected chi connectivity index (χ2v) is 4.67. The standard InChI is InChI=1S/C14H15N3O3/c1-8-4-9(2)6-10(5-8)16-13(18)11-7-15-17(3)12(11)14(19)20/h4-7H,1-3H3,(H,16,18)(H,19,20). The van der Waals surface area contributed by atoms with E-state index in [0.29, 0.717) is 5.69 Å². The van der Waals surface area contributed by atoms with Crippen molar-refractivity contribution in [2.45, 2.75) is 13.8 Å². The van der Waals surface area contributed by atoms with Gasteiger partial charge in [-0.05, 0) is 37.1 Å². The van der Waals surface area contributed by atoms with Crippen LogP contribution in [0.3, 0.4) is 0 Å². The number of aromatic carboxylic acids is 1. The summed E-state index contributed by atoms with van der Waals surface area (Å²) in [6.45, 7) is 3.85. The molecule has 6 nitrogen and oxygen atoms in total. The van der Waals surface area contributed by atoms with Gasteiger partial charge in [0.1, 0.15) is 0 Å². The molecule has 20 heavy (non-hydrogen) atoms. The SMILES string of the molecule is Cc1cc(C)cc(NC(=O)c2cnn(C)c2C(=O)O)c1. The number of benzene rings is 1. The molecule has 1 amide bonds. The molecule has 2 N–H and O–H groups in total. The lowest BCUT2D eigenvalue weighted by molar-refractivity contribution is 0.0680. The van der Waals surface area contributed by atoms with Crippen LogP contribution in [0.1, 0.15) is 32.0 Å². The van der Waals surface area contributed by atoms with Crippen LogP contribution in [0.4, 0.5) is 5.69 Å². The summed E-state index contributed by atoms with van der Waals surface area (Å²) >= 11 is 0. The summed E-state index contributed by atoms with van der Waals surface area (Å²) in [5, 5.41) is 15.6. The highest BCUT2D eigenvalue weighted by Crippen LogP contribution is 2.16. The van der Waals surface area contributed by atoms with Gasteiger partial charge in [0.15, 0.2) is 5.69 Å². The quantitative estimate of drug-likeness (QED) is 0.895. The number of anilines is 1. The molecule has 0 saturated heterocycles. The molecule has 0 aliphatic heterocycles. The van der Waals surface area contributed by atoms with Crippen LogP contribution in [0.2, 0.25) is 0 Å². The molecule has 0 saturated carbocycles. The molecule has 1 aromatic carbocycles. The van der Waals surface area contributed by atoms with E-state index in [2.05, 4.69) is 10.4 Å². The Morgan fingerprint density at radius 3 is 2.35 bits per heavy atom. The smallest absolute Gasteiger partial charge is 0.354 e. The average molecular weight is 273 g/mol. The number of amides is 1. The van der Waals surface area contributed by atoms with Crippen molar-refractivity contribution in [1.29, 1.82) is 0 Å². The fourth-order valence-corrected chi connectivity index (χ4v) is 2.10. The first-order valence-electron chi connectivity index (χ1n) is 6.03. The number of hydrogen-bond donors (Lipinski definition) is 2. The van der Waals surface area contributed by atoms with Crippen molar-refractivity contribution >= 4 is 17.6 Å². The first kappa shape index (κ1) is 13.8. The minimum atomic E-state index is -1.18. The molecule has 0 spiro atoms. The molecule has 0 fully saturated rings. The van der Waals surface area contributed by atoms with E-state index in [1.54, 1.807) is 0 Å². The first-order chi connectivity index (χ1) is 9.38. The Kier molecular flexibility index (Phi) is 3.56. The third-order valence-corrected chi connectivity index (χ3v) is 2.87. The zero-order chi connectivity index (χ0) is 14.9. The molecule has 0 unspecified atom stereocenters. The van der Waals surface area contributed by atoms with Crippen LogP contribution in [0.5, 0.6) is 0 Å². The van der Waals surface area contributed by atoms with Crippen molar-refractivity contribution < 1.29 is 14.7 Å². The van der Waals surface area contributed by atoms with Gasteiger partial charge in [-0.3, -0.25) is 9.48 Å². The number of carboxylic acids is 1. The molecule has 1 aromatic heterocycles. The Balaban J connectivity index is 2.31. The highest BCUT2D eigenvalue weighted by Gasteiger charge is 2.21. The topological polar surface area (TPSA) is 84.2 Å². The molecule has 2 rings (SSSR count). The van der Waals surface area contributed by atoms with E-state index in [0.717, 1.165) is 11.1 Å². The maximum atomic E-state index is 12.1. The van der Waals surface area contributed by atoms with E-state index in [-0.39, 0.29) is 11.3 Å². The summed E-state index contributed by atoms with van der Waals surface area (Å²) in [7, 11) is 1.48. The zero-order valence-corrected chi connectivity index (χ0v) is 11.5. The summed E-state index contributed by atoms with van der Waals surface area (Å²) in [4.78, 5) is 23.3.